The second-order valence-electron chi connectivity index (χ2n) is 6.50. The number of rotatable bonds is 3. The minimum absolute atomic E-state index is 0.0853. The van der Waals surface area contributed by atoms with Gasteiger partial charge in [-0.3, -0.25) is 4.79 Å². The number of hydrogen-bond donors (Lipinski definition) is 1. The number of benzene rings is 2. The number of fused-ring (bicyclic) bond motifs is 1. The molecular formula is C20H13BrF3N5O. The quantitative estimate of drug-likeness (QED) is 0.445. The van der Waals surface area contributed by atoms with Crippen molar-refractivity contribution in [2.75, 3.05) is 5.32 Å². The Hall–Kier alpha value is -3.27. The molecule has 0 unspecified atom stereocenters. The Kier molecular flexibility index (Phi) is 5.02. The van der Waals surface area contributed by atoms with E-state index in [9.17, 15) is 18.0 Å². The van der Waals surface area contributed by atoms with E-state index in [4.69, 9.17) is 0 Å². The molecular weight excluding hydrogens is 463 g/mol. The number of anilines is 1. The zero-order valence-corrected chi connectivity index (χ0v) is 17.0. The Bertz CT molecular complexity index is 1230. The molecule has 2 heterocycles. The van der Waals surface area contributed by atoms with Crippen molar-refractivity contribution >= 4 is 33.3 Å². The molecule has 30 heavy (non-hydrogen) atoms. The van der Waals surface area contributed by atoms with Crippen molar-refractivity contribution < 1.29 is 18.0 Å². The molecule has 0 fully saturated rings. The molecule has 0 bridgehead atoms. The third-order valence-electron chi connectivity index (χ3n) is 4.26. The summed E-state index contributed by atoms with van der Waals surface area (Å²) in [6.45, 7) is 1.87. The molecule has 0 saturated carbocycles. The van der Waals surface area contributed by atoms with Gasteiger partial charge in [0.05, 0.1) is 5.69 Å². The monoisotopic (exact) mass is 475 g/mol. The first-order chi connectivity index (χ1) is 14.2. The summed E-state index contributed by atoms with van der Waals surface area (Å²) in [5.74, 6) is -1.48. The highest BCUT2D eigenvalue weighted by atomic mass is 79.9. The summed E-state index contributed by atoms with van der Waals surface area (Å²) in [7, 11) is 0. The second-order valence-corrected chi connectivity index (χ2v) is 7.41. The van der Waals surface area contributed by atoms with E-state index in [1.165, 1.54) is 0 Å². The standard InChI is InChI=1S/C20H13BrF3N5O/c1-11-2-4-12(5-3-11)15-10-16(20(22,23)24)29-19(26-15)27-17(28-29)18(30)25-14-8-6-13(21)7-9-14/h2-10H,1H3,(H,25,30). The Morgan fingerprint density at radius 1 is 1.03 bits per heavy atom. The molecule has 0 spiro atoms. The van der Waals surface area contributed by atoms with Gasteiger partial charge in [-0.2, -0.15) is 22.7 Å². The zero-order valence-electron chi connectivity index (χ0n) is 15.4. The summed E-state index contributed by atoms with van der Waals surface area (Å²) in [6, 6.07) is 14.5. The van der Waals surface area contributed by atoms with Crippen molar-refractivity contribution in [3.63, 3.8) is 0 Å². The van der Waals surface area contributed by atoms with Crippen molar-refractivity contribution in [1.29, 1.82) is 0 Å². The first kappa shape index (κ1) is 20.0. The van der Waals surface area contributed by atoms with Gasteiger partial charge in [0.1, 0.15) is 0 Å². The fourth-order valence-corrected chi connectivity index (χ4v) is 3.02. The lowest BCUT2D eigenvalue weighted by atomic mass is 10.1. The average molecular weight is 476 g/mol. The first-order valence-corrected chi connectivity index (χ1v) is 9.49. The van der Waals surface area contributed by atoms with E-state index in [2.05, 4.69) is 36.3 Å². The Labute approximate surface area is 176 Å². The van der Waals surface area contributed by atoms with Crippen LogP contribution in [0.3, 0.4) is 0 Å². The van der Waals surface area contributed by atoms with Crippen LogP contribution >= 0.6 is 15.9 Å². The topological polar surface area (TPSA) is 72.2 Å². The van der Waals surface area contributed by atoms with Gasteiger partial charge in [0.25, 0.3) is 11.7 Å². The van der Waals surface area contributed by atoms with Crippen LogP contribution in [0.4, 0.5) is 18.9 Å². The maximum absolute atomic E-state index is 13.7. The van der Waals surface area contributed by atoms with Crippen LogP contribution in [0.1, 0.15) is 21.9 Å². The van der Waals surface area contributed by atoms with E-state index in [1.54, 1.807) is 48.5 Å². The number of hydrogen-bond acceptors (Lipinski definition) is 4. The number of aryl methyl sites for hydroxylation is 1. The first-order valence-electron chi connectivity index (χ1n) is 8.70. The lowest BCUT2D eigenvalue weighted by Gasteiger charge is -2.10. The Balaban J connectivity index is 1.77. The molecule has 4 aromatic rings. The SMILES string of the molecule is Cc1ccc(-c2cc(C(F)(F)F)n3nc(C(=O)Nc4ccc(Br)cc4)nc3n2)cc1. The van der Waals surface area contributed by atoms with Crippen molar-refractivity contribution in [3.8, 4) is 11.3 Å². The predicted octanol–water partition coefficient (Wildman–Crippen LogP) is 5.13. The molecule has 0 aliphatic rings. The van der Waals surface area contributed by atoms with E-state index in [1.807, 2.05) is 6.92 Å². The summed E-state index contributed by atoms with van der Waals surface area (Å²) in [5, 5.41) is 6.29. The molecule has 0 aliphatic heterocycles. The molecule has 2 aromatic carbocycles. The molecule has 0 aliphatic carbocycles. The maximum atomic E-state index is 13.7. The Morgan fingerprint density at radius 3 is 2.33 bits per heavy atom. The molecule has 1 N–H and O–H groups in total. The zero-order chi connectivity index (χ0) is 21.5. The van der Waals surface area contributed by atoms with Crippen LogP contribution in [0.25, 0.3) is 17.0 Å². The summed E-state index contributed by atoms with van der Waals surface area (Å²) >= 11 is 3.28. The summed E-state index contributed by atoms with van der Waals surface area (Å²) in [6.07, 6.45) is -4.71. The van der Waals surface area contributed by atoms with Gasteiger partial charge >= 0.3 is 6.18 Å². The fraction of sp³-hybridized carbons (Fsp3) is 0.100. The largest absolute Gasteiger partial charge is 0.433 e. The smallest absolute Gasteiger partial charge is 0.319 e. The summed E-state index contributed by atoms with van der Waals surface area (Å²) in [5.41, 5.74) is 0.925. The minimum atomic E-state index is -4.71. The number of nitrogens with zero attached hydrogens (tertiary/aromatic N) is 4. The van der Waals surface area contributed by atoms with Gasteiger partial charge < -0.3 is 5.32 Å². The number of alkyl halides is 3. The molecule has 1 amide bonds. The highest BCUT2D eigenvalue weighted by Crippen LogP contribution is 2.32. The Morgan fingerprint density at radius 2 is 1.70 bits per heavy atom. The van der Waals surface area contributed by atoms with E-state index in [0.29, 0.717) is 15.8 Å². The van der Waals surface area contributed by atoms with Crippen LogP contribution in [-0.2, 0) is 6.18 Å². The van der Waals surface area contributed by atoms with Crippen LogP contribution in [0.15, 0.2) is 59.1 Å². The van der Waals surface area contributed by atoms with Gasteiger partial charge in [-0.05, 0) is 37.3 Å². The molecule has 6 nitrogen and oxygen atoms in total. The normalized spacial score (nSPS) is 11.6. The van der Waals surface area contributed by atoms with E-state index < -0.39 is 23.6 Å². The number of amides is 1. The molecule has 10 heteroatoms. The van der Waals surface area contributed by atoms with Gasteiger partial charge in [0.15, 0.2) is 5.69 Å². The predicted molar refractivity (Wildman–Crippen MR) is 108 cm³/mol. The lowest BCUT2D eigenvalue weighted by Crippen LogP contribution is -2.16. The molecule has 0 atom stereocenters. The fourth-order valence-electron chi connectivity index (χ4n) is 2.76. The van der Waals surface area contributed by atoms with E-state index >= 15 is 0 Å². The van der Waals surface area contributed by atoms with Gasteiger partial charge in [0, 0.05) is 15.7 Å². The van der Waals surface area contributed by atoms with Gasteiger partial charge in [-0.25, -0.2) is 4.98 Å². The second kappa shape index (κ2) is 7.52. The number of aromatic nitrogens is 4. The van der Waals surface area contributed by atoms with Crippen LogP contribution in [0.2, 0.25) is 0 Å². The number of carbonyl (C=O) groups is 1. The highest BCUT2D eigenvalue weighted by Gasteiger charge is 2.36. The van der Waals surface area contributed by atoms with Crippen molar-refractivity contribution in [2.45, 2.75) is 13.1 Å². The third-order valence-corrected chi connectivity index (χ3v) is 4.78. The number of halogens is 4. The molecule has 4 rings (SSSR count). The van der Waals surface area contributed by atoms with Crippen molar-refractivity contribution in [2.24, 2.45) is 0 Å². The minimum Gasteiger partial charge on any atom is -0.319 e. The van der Waals surface area contributed by atoms with Gasteiger partial charge in [-0.15, -0.1) is 5.10 Å². The third kappa shape index (κ3) is 4.04. The van der Waals surface area contributed by atoms with E-state index in [-0.39, 0.29) is 11.5 Å². The summed E-state index contributed by atoms with van der Waals surface area (Å²) in [4.78, 5) is 20.5. The number of nitrogens with one attached hydrogen (secondary N) is 1. The van der Waals surface area contributed by atoms with Gasteiger partial charge in [0.2, 0.25) is 5.82 Å². The molecule has 0 saturated heterocycles. The molecule has 152 valence electrons. The van der Waals surface area contributed by atoms with Crippen LogP contribution in [0.5, 0.6) is 0 Å². The van der Waals surface area contributed by atoms with Gasteiger partial charge in [-0.1, -0.05) is 45.8 Å². The van der Waals surface area contributed by atoms with Crippen LogP contribution in [0, 0.1) is 6.92 Å². The lowest BCUT2D eigenvalue weighted by molar-refractivity contribution is -0.142. The van der Waals surface area contributed by atoms with Crippen LogP contribution < -0.4 is 5.32 Å². The average Bonchev–Trinajstić information content (AvgIpc) is 3.13. The van der Waals surface area contributed by atoms with Crippen molar-refractivity contribution in [3.05, 3.63) is 76.2 Å². The maximum Gasteiger partial charge on any atom is 0.433 e. The molecule has 0 radical (unpaired) electrons. The summed E-state index contributed by atoms with van der Waals surface area (Å²) < 4.78 is 42.3. The highest BCUT2D eigenvalue weighted by molar-refractivity contribution is 9.10. The number of carbonyl (C=O) groups excluding carboxylic acids is 1. The van der Waals surface area contributed by atoms with Crippen LogP contribution in [-0.4, -0.2) is 25.5 Å². The van der Waals surface area contributed by atoms with E-state index in [0.717, 1.165) is 16.1 Å². The molecule has 2 aromatic heterocycles. The van der Waals surface area contributed by atoms with Crippen molar-refractivity contribution in [1.82, 2.24) is 19.6 Å².